The number of likely N-dealkylation sites (tertiary alicyclic amines) is 1. The number of furan rings is 1. The molecule has 0 aliphatic carbocycles. The first kappa shape index (κ1) is 38.2. The predicted octanol–water partition coefficient (Wildman–Crippen LogP) is 6.12. The molecule has 0 amide bonds. The van der Waals surface area contributed by atoms with E-state index in [1.165, 1.54) is 21.3 Å². The summed E-state index contributed by atoms with van der Waals surface area (Å²) in [6.45, 7) is 6.87. The summed E-state index contributed by atoms with van der Waals surface area (Å²) in [4.78, 5) is 43.1. The number of aromatic nitrogens is 2. The summed E-state index contributed by atoms with van der Waals surface area (Å²) in [5.41, 5.74) is 1.38. The lowest BCUT2D eigenvalue weighted by atomic mass is 9.85. The Morgan fingerprint density at radius 1 is 1.02 bits per heavy atom. The average molecular weight is 741 g/mol. The van der Waals surface area contributed by atoms with Crippen molar-refractivity contribution < 1.29 is 36.2 Å². The van der Waals surface area contributed by atoms with Crippen LogP contribution in [0.5, 0.6) is 0 Å². The summed E-state index contributed by atoms with van der Waals surface area (Å²) in [7, 11) is 0. The fourth-order valence-electron chi connectivity index (χ4n) is 7.38. The Kier molecular flexibility index (Phi) is 11.4. The van der Waals surface area contributed by atoms with Crippen LogP contribution in [0.1, 0.15) is 83.7 Å². The molecule has 1 spiro atoms. The molecule has 2 aliphatic heterocycles. The number of alkyl halides is 3. The molecule has 0 radical (unpaired) electrons. The van der Waals surface area contributed by atoms with Gasteiger partial charge in [-0.2, -0.15) is 13.2 Å². The lowest BCUT2D eigenvalue weighted by Gasteiger charge is -2.38. The SMILES string of the molecule is CCOC(=O)CCCNC(Cn1c(=O)c2c(n(Cc3c(C)cccc3F)c1=O)COC21CCN(Cc2ccc(C(F)(F)F)o2)CC1)c1cccc(C)c1. The zero-order valence-electron chi connectivity index (χ0n) is 30.1. The Labute approximate surface area is 304 Å². The molecule has 0 bridgehead atoms. The second kappa shape index (κ2) is 15.8. The third kappa shape index (κ3) is 8.34. The van der Waals surface area contributed by atoms with Crippen molar-refractivity contribution in [2.45, 2.75) is 90.5 Å². The highest BCUT2D eigenvalue weighted by Crippen LogP contribution is 2.43. The Morgan fingerprint density at radius 3 is 2.45 bits per heavy atom. The molecular formula is C39H44F4N4O6. The molecule has 1 N–H and O–H groups in total. The van der Waals surface area contributed by atoms with Crippen LogP contribution in [0.25, 0.3) is 0 Å². The molecule has 2 aliphatic rings. The molecule has 4 aromatic rings. The van der Waals surface area contributed by atoms with Gasteiger partial charge in [-0.1, -0.05) is 42.0 Å². The van der Waals surface area contributed by atoms with Crippen LogP contribution < -0.4 is 16.6 Å². The molecule has 1 saturated heterocycles. The zero-order valence-corrected chi connectivity index (χ0v) is 30.1. The van der Waals surface area contributed by atoms with Crippen LogP contribution in [0.3, 0.4) is 0 Å². The number of piperidine rings is 1. The zero-order chi connectivity index (χ0) is 37.9. The quantitative estimate of drug-likeness (QED) is 0.0993. The minimum atomic E-state index is -4.58. The van der Waals surface area contributed by atoms with Gasteiger partial charge in [-0.3, -0.25) is 23.6 Å². The fourth-order valence-corrected chi connectivity index (χ4v) is 7.38. The second-order valence-corrected chi connectivity index (χ2v) is 13.8. The summed E-state index contributed by atoms with van der Waals surface area (Å²) >= 11 is 0. The first-order valence-electron chi connectivity index (χ1n) is 17.9. The van der Waals surface area contributed by atoms with E-state index in [9.17, 15) is 27.6 Å². The van der Waals surface area contributed by atoms with E-state index in [4.69, 9.17) is 13.9 Å². The van der Waals surface area contributed by atoms with Crippen LogP contribution in [0.2, 0.25) is 0 Å². The first-order chi connectivity index (χ1) is 25.3. The number of hydrogen-bond acceptors (Lipinski definition) is 8. The molecule has 10 nitrogen and oxygen atoms in total. The van der Waals surface area contributed by atoms with Gasteiger partial charge in [-0.05, 0) is 75.9 Å². The lowest BCUT2D eigenvalue weighted by Crippen LogP contribution is -2.50. The molecule has 1 atom stereocenters. The largest absolute Gasteiger partial charge is 0.466 e. The van der Waals surface area contributed by atoms with E-state index in [1.54, 1.807) is 26.0 Å². The monoisotopic (exact) mass is 740 g/mol. The summed E-state index contributed by atoms with van der Waals surface area (Å²) in [6.07, 6.45) is -3.23. The van der Waals surface area contributed by atoms with Crippen molar-refractivity contribution in [1.82, 2.24) is 19.4 Å². The molecular weight excluding hydrogens is 696 g/mol. The summed E-state index contributed by atoms with van der Waals surface area (Å²) in [5, 5.41) is 3.44. The maximum Gasteiger partial charge on any atom is 0.449 e. The van der Waals surface area contributed by atoms with Crippen molar-refractivity contribution in [3.63, 3.8) is 0 Å². The number of ether oxygens (including phenoxy) is 2. The molecule has 53 heavy (non-hydrogen) atoms. The maximum absolute atomic E-state index is 15.3. The van der Waals surface area contributed by atoms with Gasteiger partial charge >= 0.3 is 17.8 Å². The van der Waals surface area contributed by atoms with Gasteiger partial charge in [0.05, 0.1) is 50.1 Å². The number of carbonyl (C=O) groups excluding carboxylic acids is 1. The molecule has 2 aromatic heterocycles. The molecule has 1 fully saturated rings. The highest BCUT2D eigenvalue weighted by Gasteiger charge is 2.47. The number of esters is 1. The van der Waals surface area contributed by atoms with Gasteiger partial charge in [0, 0.05) is 25.1 Å². The number of rotatable bonds is 13. The van der Waals surface area contributed by atoms with Crippen molar-refractivity contribution in [1.29, 1.82) is 0 Å². The molecule has 1 unspecified atom stereocenters. The summed E-state index contributed by atoms with van der Waals surface area (Å²) in [6, 6.07) is 14.1. The van der Waals surface area contributed by atoms with Crippen LogP contribution >= 0.6 is 0 Å². The number of nitrogens with zero attached hydrogens (tertiary/aromatic N) is 3. The number of halogens is 4. The molecule has 4 heterocycles. The van der Waals surface area contributed by atoms with E-state index in [0.29, 0.717) is 61.3 Å². The predicted molar refractivity (Wildman–Crippen MR) is 188 cm³/mol. The highest BCUT2D eigenvalue weighted by molar-refractivity contribution is 5.69. The van der Waals surface area contributed by atoms with E-state index in [2.05, 4.69) is 5.32 Å². The summed E-state index contributed by atoms with van der Waals surface area (Å²) < 4.78 is 73.9. The van der Waals surface area contributed by atoms with E-state index < -0.39 is 40.6 Å². The van der Waals surface area contributed by atoms with Crippen molar-refractivity contribution in [2.75, 3.05) is 26.2 Å². The van der Waals surface area contributed by atoms with E-state index in [0.717, 1.165) is 17.2 Å². The van der Waals surface area contributed by atoms with Crippen molar-refractivity contribution in [2.24, 2.45) is 0 Å². The van der Waals surface area contributed by atoms with Crippen LogP contribution in [0.15, 0.2) is 68.6 Å². The minimum absolute atomic E-state index is 0.0330. The number of hydrogen-bond donors (Lipinski definition) is 1. The topological polar surface area (TPSA) is 108 Å². The number of fused-ring (bicyclic) bond motifs is 2. The van der Waals surface area contributed by atoms with Gasteiger partial charge in [0.25, 0.3) is 5.56 Å². The number of benzene rings is 2. The van der Waals surface area contributed by atoms with E-state index >= 15 is 4.39 Å². The minimum Gasteiger partial charge on any atom is -0.466 e. The van der Waals surface area contributed by atoms with Crippen LogP contribution in [-0.4, -0.2) is 46.2 Å². The van der Waals surface area contributed by atoms with Crippen LogP contribution in [0.4, 0.5) is 17.6 Å². The van der Waals surface area contributed by atoms with Gasteiger partial charge in [0.1, 0.15) is 17.2 Å². The van der Waals surface area contributed by atoms with Gasteiger partial charge in [0.15, 0.2) is 0 Å². The van der Waals surface area contributed by atoms with Crippen molar-refractivity contribution >= 4 is 5.97 Å². The van der Waals surface area contributed by atoms with Gasteiger partial charge in [-0.25, -0.2) is 9.18 Å². The Bertz CT molecular complexity index is 2040. The third-order valence-corrected chi connectivity index (χ3v) is 10.2. The molecule has 284 valence electrons. The lowest BCUT2D eigenvalue weighted by molar-refractivity contribution is -0.153. The van der Waals surface area contributed by atoms with E-state index in [-0.39, 0.29) is 51.0 Å². The van der Waals surface area contributed by atoms with Crippen LogP contribution in [-0.2, 0) is 52.3 Å². The fraction of sp³-hybridized carbons (Fsp3) is 0.462. The molecule has 2 aromatic carbocycles. The van der Waals surface area contributed by atoms with Gasteiger partial charge in [0.2, 0.25) is 5.76 Å². The molecule has 14 heteroatoms. The first-order valence-corrected chi connectivity index (χ1v) is 17.9. The van der Waals surface area contributed by atoms with Crippen LogP contribution in [0, 0.1) is 19.7 Å². The summed E-state index contributed by atoms with van der Waals surface area (Å²) in [5.74, 6) is -1.67. The Hall–Kier alpha value is -4.53. The van der Waals surface area contributed by atoms with Crippen molar-refractivity contribution in [3.05, 3.63) is 126 Å². The standard InChI is InChI=1S/C39H44F4N4O6/c1-4-51-34(48)12-7-17-44-31(27-10-5-8-25(2)20-27)23-47-36(49)35-32(46(37(47)50)22-29-26(3)9-6-11-30(29)40)24-52-38(35)15-18-45(19-16-38)21-28-13-14-33(53-28)39(41,42)43/h5-6,8-11,13-14,20,31,44H,4,7,12,15-19,21-24H2,1-3H3. The second-order valence-electron chi connectivity index (χ2n) is 13.8. The number of nitrogens with one attached hydrogen (secondary N) is 1. The normalized spacial score (nSPS) is 16.2. The highest BCUT2D eigenvalue weighted by atomic mass is 19.4. The smallest absolute Gasteiger partial charge is 0.449 e. The third-order valence-electron chi connectivity index (χ3n) is 10.2. The van der Waals surface area contributed by atoms with Gasteiger partial charge < -0.3 is 19.2 Å². The average Bonchev–Trinajstić information content (AvgIpc) is 3.74. The Morgan fingerprint density at radius 2 is 1.77 bits per heavy atom. The number of carbonyl (C=O) groups is 1. The van der Waals surface area contributed by atoms with Crippen molar-refractivity contribution in [3.8, 4) is 0 Å². The maximum atomic E-state index is 15.3. The van der Waals surface area contributed by atoms with Gasteiger partial charge in [-0.15, -0.1) is 0 Å². The molecule has 6 rings (SSSR count). The molecule has 0 saturated carbocycles. The number of aryl methyl sites for hydroxylation is 2. The van der Waals surface area contributed by atoms with E-state index in [1.807, 2.05) is 36.1 Å². The Balaban J connectivity index is 1.35.